The minimum Gasteiger partial charge on any atom is -0.356 e. The van der Waals surface area contributed by atoms with E-state index in [1.54, 1.807) is 0 Å². The Labute approximate surface area is 269 Å². The highest BCUT2D eigenvalue weighted by molar-refractivity contribution is 6.12. The standard InChI is InChI=1S/C44H32N2/c1-3-17-34(18-4-1)45-36-27-25-33(26-28-36)39-29-30-42(46-35-19-5-2-6-20-35)44(41-24-12-16-32-14-8-10-22-38(32)41)43(39)40-23-11-15-31-13-7-9-21-37(31)40/h1-30,45-46H. The molecule has 218 valence electrons. The largest absolute Gasteiger partial charge is 0.356 e. The normalized spacial score (nSPS) is 11.0. The molecule has 0 amide bonds. The number of hydrogen-bond acceptors (Lipinski definition) is 2. The Morgan fingerprint density at radius 3 is 1.37 bits per heavy atom. The number of benzene rings is 8. The molecule has 8 aromatic carbocycles. The van der Waals surface area contributed by atoms with E-state index in [9.17, 15) is 0 Å². The summed E-state index contributed by atoms with van der Waals surface area (Å²) in [5.41, 5.74) is 11.4. The van der Waals surface area contributed by atoms with E-state index < -0.39 is 0 Å². The van der Waals surface area contributed by atoms with Crippen molar-refractivity contribution in [3.05, 3.63) is 182 Å². The first-order valence-electron chi connectivity index (χ1n) is 15.7. The zero-order chi connectivity index (χ0) is 30.7. The van der Waals surface area contributed by atoms with E-state index in [1.165, 1.54) is 49.4 Å². The van der Waals surface area contributed by atoms with Crippen LogP contribution < -0.4 is 10.6 Å². The van der Waals surface area contributed by atoms with Crippen LogP contribution in [0.2, 0.25) is 0 Å². The minimum atomic E-state index is 1.05. The molecule has 0 aromatic heterocycles. The van der Waals surface area contributed by atoms with Gasteiger partial charge in [-0.3, -0.25) is 0 Å². The lowest BCUT2D eigenvalue weighted by Gasteiger charge is -2.23. The maximum atomic E-state index is 3.80. The molecule has 0 bridgehead atoms. The molecule has 46 heavy (non-hydrogen) atoms. The predicted octanol–water partition coefficient (Wildman–Crippen LogP) is 12.5. The molecule has 2 heteroatoms. The topological polar surface area (TPSA) is 24.1 Å². The Kier molecular flexibility index (Phi) is 7.22. The molecule has 0 fully saturated rings. The zero-order valence-corrected chi connectivity index (χ0v) is 25.3. The van der Waals surface area contributed by atoms with Crippen LogP contribution in [-0.2, 0) is 0 Å². The molecule has 8 aromatic rings. The molecule has 0 unspecified atom stereocenters. The minimum absolute atomic E-state index is 1.05. The van der Waals surface area contributed by atoms with Gasteiger partial charge in [0.05, 0.1) is 0 Å². The molecular formula is C44H32N2. The fourth-order valence-corrected chi connectivity index (χ4v) is 6.49. The maximum Gasteiger partial charge on any atom is 0.0470 e. The van der Waals surface area contributed by atoms with Gasteiger partial charge < -0.3 is 10.6 Å². The number of rotatable bonds is 7. The molecule has 8 rings (SSSR count). The van der Waals surface area contributed by atoms with E-state index in [-0.39, 0.29) is 0 Å². The average molecular weight is 589 g/mol. The molecule has 0 spiro atoms. The highest BCUT2D eigenvalue weighted by atomic mass is 14.9. The van der Waals surface area contributed by atoms with Gasteiger partial charge in [0.15, 0.2) is 0 Å². The third-order valence-corrected chi connectivity index (χ3v) is 8.63. The summed E-state index contributed by atoms with van der Waals surface area (Å²) in [7, 11) is 0. The van der Waals surface area contributed by atoms with Crippen molar-refractivity contribution in [1.29, 1.82) is 0 Å². The van der Waals surface area contributed by atoms with Gasteiger partial charge in [0.25, 0.3) is 0 Å². The number of nitrogens with one attached hydrogen (secondary N) is 2. The van der Waals surface area contributed by atoms with Crippen LogP contribution in [0, 0.1) is 0 Å². The molecule has 0 aliphatic rings. The maximum absolute atomic E-state index is 3.80. The van der Waals surface area contributed by atoms with Crippen LogP contribution in [0.1, 0.15) is 0 Å². The molecule has 0 aliphatic carbocycles. The Morgan fingerprint density at radius 2 is 0.761 bits per heavy atom. The molecule has 0 heterocycles. The third kappa shape index (κ3) is 5.27. The van der Waals surface area contributed by atoms with Gasteiger partial charge in [-0.1, -0.05) is 140 Å². The van der Waals surface area contributed by atoms with Gasteiger partial charge in [0.1, 0.15) is 0 Å². The van der Waals surface area contributed by atoms with Crippen molar-refractivity contribution in [2.45, 2.75) is 0 Å². The summed E-state index contributed by atoms with van der Waals surface area (Å²) in [6.45, 7) is 0. The first-order valence-corrected chi connectivity index (χ1v) is 15.7. The van der Waals surface area contributed by atoms with Crippen LogP contribution in [0.5, 0.6) is 0 Å². The molecular weight excluding hydrogens is 556 g/mol. The van der Waals surface area contributed by atoms with Gasteiger partial charge in [-0.25, -0.2) is 0 Å². The second kappa shape index (κ2) is 12.1. The van der Waals surface area contributed by atoms with Crippen molar-refractivity contribution < 1.29 is 0 Å². The van der Waals surface area contributed by atoms with Crippen LogP contribution >= 0.6 is 0 Å². The number of anilines is 4. The Bertz CT molecular complexity index is 2280. The van der Waals surface area contributed by atoms with Crippen molar-refractivity contribution >= 4 is 44.3 Å². The summed E-state index contributed by atoms with van der Waals surface area (Å²) in [6, 6.07) is 64.7. The first kappa shape index (κ1) is 27.4. The summed E-state index contributed by atoms with van der Waals surface area (Å²) in [5.74, 6) is 0. The van der Waals surface area contributed by atoms with Crippen molar-refractivity contribution in [1.82, 2.24) is 0 Å². The lowest BCUT2D eigenvalue weighted by molar-refractivity contribution is 1.52. The summed E-state index contributed by atoms with van der Waals surface area (Å²) < 4.78 is 0. The van der Waals surface area contributed by atoms with E-state index in [1.807, 2.05) is 18.2 Å². The first-order chi connectivity index (χ1) is 22.8. The van der Waals surface area contributed by atoms with E-state index in [4.69, 9.17) is 0 Å². The van der Waals surface area contributed by atoms with Crippen molar-refractivity contribution in [3.63, 3.8) is 0 Å². The van der Waals surface area contributed by atoms with E-state index in [0.29, 0.717) is 0 Å². The lowest BCUT2D eigenvalue weighted by atomic mass is 9.83. The van der Waals surface area contributed by atoms with Crippen LogP contribution in [0.4, 0.5) is 22.7 Å². The summed E-state index contributed by atoms with van der Waals surface area (Å²) in [5, 5.41) is 12.2. The van der Waals surface area contributed by atoms with Crippen LogP contribution in [0.15, 0.2) is 182 Å². The van der Waals surface area contributed by atoms with Gasteiger partial charge in [-0.15, -0.1) is 0 Å². The third-order valence-electron chi connectivity index (χ3n) is 8.63. The van der Waals surface area contributed by atoms with Crippen molar-refractivity contribution in [2.24, 2.45) is 0 Å². The summed E-state index contributed by atoms with van der Waals surface area (Å²) in [6.07, 6.45) is 0. The summed E-state index contributed by atoms with van der Waals surface area (Å²) in [4.78, 5) is 0. The van der Waals surface area contributed by atoms with Crippen LogP contribution in [-0.4, -0.2) is 0 Å². The second-order valence-corrected chi connectivity index (χ2v) is 11.5. The van der Waals surface area contributed by atoms with Crippen LogP contribution in [0.25, 0.3) is 54.9 Å². The van der Waals surface area contributed by atoms with Gasteiger partial charge in [-0.2, -0.15) is 0 Å². The number of para-hydroxylation sites is 2. The Morgan fingerprint density at radius 1 is 0.283 bits per heavy atom. The predicted molar refractivity (Wildman–Crippen MR) is 197 cm³/mol. The quantitative estimate of drug-likeness (QED) is 0.193. The number of fused-ring (bicyclic) bond motifs is 2. The Hall–Kier alpha value is -6.12. The van der Waals surface area contributed by atoms with Crippen LogP contribution in [0.3, 0.4) is 0 Å². The van der Waals surface area contributed by atoms with Gasteiger partial charge in [-0.05, 0) is 86.3 Å². The molecule has 0 aliphatic heterocycles. The fourth-order valence-electron chi connectivity index (χ4n) is 6.49. The number of hydrogen-bond donors (Lipinski definition) is 2. The highest BCUT2D eigenvalue weighted by Gasteiger charge is 2.21. The SMILES string of the molecule is c1ccc(Nc2ccc(-c3ccc(Nc4ccccc4)c(-c4cccc5ccccc45)c3-c3cccc4ccccc34)cc2)cc1. The monoisotopic (exact) mass is 588 g/mol. The van der Waals surface area contributed by atoms with Gasteiger partial charge >= 0.3 is 0 Å². The molecule has 0 atom stereocenters. The van der Waals surface area contributed by atoms with E-state index in [2.05, 4.69) is 174 Å². The average Bonchev–Trinajstić information content (AvgIpc) is 3.12. The Balaban J connectivity index is 1.41. The molecule has 2 nitrogen and oxygen atoms in total. The smallest absolute Gasteiger partial charge is 0.0470 e. The van der Waals surface area contributed by atoms with Gasteiger partial charge in [0, 0.05) is 33.9 Å². The molecule has 0 saturated heterocycles. The second-order valence-electron chi connectivity index (χ2n) is 11.5. The lowest BCUT2D eigenvalue weighted by Crippen LogP contribution is -1.99. The van der Waals surface area contributed by atoms with Crippen molar-refractivity contribution in [3.8, 4) is 33.4 Å². The van der Waals surface area contributed by atoms with E-state index >= 15 is 0 Å². The molecule has 0 radical (unpaired) electrons. The highest BCUT2D eigenvalue weighted by Crippen LogP contribution is 2.48. The molecule has 2 N–H and O–H groups in total. The van der Waals surface area contributed by atoms with Crippen molar-refractivity contribution in [2.75, 3.05) is 10.6 Å². The zero-order valence-electron chi connectivity index (χ0n) is 25.3. The molecule has 0 saturated carbocycles. The fraction of sp³-hybridized carbons (Fsp3) is 0. The van der Waals surface area contributed by atoms with Gasteiger partial charge in [0.2, 0.25) is 0 Å². The summed E-state index contributed by atoms with van der Waals surface area (Å²) >= 11 is 0. The van der Waals surface area contributed by atoms with E-state index in [0.717, 1.165) is 28.3 Å².